The van der Waals surface area contributed by atoms with Gasteiger partial charge in [0.2, 0.25) is 5.95 Å². The Morgan fingerprint density at radius 2 is 1.76 bits per heavy atom. The number of fused-ring (bicyclic) bond motifs is 1. The summed E-state index contributed by atoms with van der Waals surface area (Å²) in [7, 11) is 0. The van der Waals surface area contributed by atoms with Gasteiger partial charge in [-0.3, -0.25) is 0 Å². The van der Waals surface area contributed by atoms with E-state index >= 15 is 0 Å². The third kappa shape index (κ3) is 4.70. The Balaban J connectivity index is 1.75. The van der Waals surface area contributed by atoms with Gasteiger partial charge in [0, 0.05) is 35.6 Å². The molecule has 10 heteroatoms. The lowest BCUT2D eigenvalue weighted by molar-refractivity contribution is -0.137. The number of aromatic nitrogens is 2. The van der Waals surface area contributed by atoms with Crippen LogP contribution in [0.3, 0.4) is 0 Å². The maximum absolute atomic E-state index is 14.7. The van der Waals surface area contributed by atoms with E-state index in [-0.39, 0.29) is 22.9 Å². The lowest BCUT2D eigenvalue weighted by atomic mass is 9.95. The monoisotopic (exact) mass is 509 g/mol. The molecule has 0 aliphatic carbocycles. The van der Waals surface area contributed by atoms with Crippen LogP contribution in [0.25, 0.3) is 33.3 Å². The molecule has 1 saturated heterocycles. The van der Waals surface area contributed by atoms with E-state index in [0.717, 1.165) is 37.1 Å². The molecular weight excluding hydrogens is 489 g/mol. The smallest absolute Gasteiger partial charge is 0.339 e. The highest BCUT2D eigenvalue weighted by Gasteiger charge is 2.35. The Bertz CT molecular complexity index is 1540. The minimum Gasteiger partial charge on any atom is -0.339 e. The van der Waals surface area contributed by atoms with Crippen molar-refractivity contribution >= 4 is 16.9 Å². The molecule has 1 atom stereocenters. The van der Waals surface area contributed by atoms with Crippen LogP contribution in [0.4, 0.5) is 27.9 Å². The van der Waals surface area contributed by atoms with E-state index in [0.29, 0.717) is 35.5 Å². The highest BCUT2D eigenvalue weighted by molar-refractivity contribution is 5.96. The number of benzene rings is 3. The molecule has 2 N–H and O–H groups in total. The number of alkyl halides is 3. The summed E-state index contributed by atoms with van der Waals surface area (Å²) in [6, 6.07) is 12.7. The molecule has 0 saturated carbocycles. The van der Waals surface area contributed by atoms with Gasteiger partial charge in [0.05, 0.1) is 22.3 Å². The van der Waals surface area contributed by atoms with Crippen LogP contribution >= 0.6 is 0 Å². The minimum absolute atomic E-state index is 0.0235. The van der Waals surface area contributed by atoms with Crippen LogP contribution < -0.4 is 10.6 Å². The summed E-state index contributed by atoms with van der Waals surface area (Å²) < 4.78 is 70.4. The summed E-state index contributed by atoms with van der Waals surface area (Å²) in [6.07, 6.45) is -3.10. The number of hydrogen-bond acceptors (Lipinski definition) is 5. The van der Waals surface area contributed by atoms with Gasteiger partial charge in [-0.05, 0) is 54.8 Å². The SMILES string of the molecule is N#Cc1ccc(-c2nc(N3CCC[C@@H](N)C3)nc3ccc(-c4c(F)cccc4C(F)(F)F)cc23)cc1F. The van der Waals surface area contributed by atoms with Gasteiger partial charge in [-0.1, -0.05) is 18.2 Å². The van der Waals surface area contributed by atoms with E-state index in [9.17, 15) is 22.0 Å². The van der Waals surface area contributed by atoms with Crippen molar-refractivity contribution in [3.8, 4) is 28.5 Å². The van der Waals surface area contributed by atoms with Crippen molar-refractivity contribution in [3.63, 3.8) is 0 Å². The average Bonchev–Trinajstić information content (AvgIpc) is 2.87. The molecule has 1 aromatic heterocycles. The summed E-state index contributed by atoms with van der Waals surface area (Å²) in [5.74, 6) is -1.45. The number of halogens is 5. The number of piperidine rings is 1. The molecule has 5 rings (SSSR count). The van der Waals surface area contributed by atoms with Gasteiger partial charge in [-0.15, -0.1) is 0 Å². The molecule has 1 aliphatic heterocycles. The van der Waals surface area contributed by atoms with E-state index < -0.39 is 28.9 Å². The quantitative estimate of drug-likeness (QED) is 0.340. The first kappa shape index (κ1) is 24.6. The predicted molar refractivity (Wildman–Crippen MR) is 129 cm³/mol. The van der Waals surface area contributed by atoms with Crippen LogP contribution in [0.5, 0.6) is 0 Å². The van der Waals surface area contributed by atoms with Gasteiger partial charge < -0.3 is 10.6 Å². The second-order valence-electron chi connectivity index (χ2n) is 8.92. The summed E-state index contributed by atoms with van der Waals surface area (Å²) in [5, 5.41) is 9.42. The maximum atomic E-state index is 14.7. The molecule has 1 aliphatic rings. The Morgan fingerprint density at radius 1 is 0.973 bits per heavy atom. The first-order valence-electron chi connectivity index (χ1n) is 11.5. The molecule has 2 heterocycles. The van der Waals surface area contributed by atoms with Crippen LogP contribution in [0, 0.1) is 23.0 Å². The average molecular weight is 509 g/mol. The van der Waals surface area contributed by atoms with E-state index in [1.165, 1.54) is 30.3 Å². The highest BCUT2D eigenvalue weighted by atomic mass is 19.4. The largest absolute Gasteiger partial charge is 0.417 e. The molecule has 0 spiro atoms. The normalized spacial score (nSPS) is 16.1. The van der Waals surface area contributed by atoms with Crippen molar-refractivity contribution in [1.29, 1.82) is 5.26 Å². The zero-order valence-corrected chi connectivity index (χ0v) is 19.4. The highest BCUT2D eigenvalue weighted by Crippen LogP contribution is 2.40. The molecule has 188 valence electrons. The molecule has 0 unspecified atom stereocenters. The molecule has 3 aromatic carbocycles. The molecule has 1 fully saturated rings. The number of anilines is 1. The van der Waals surface area contributed by atoms with Crippen LogP contribution in [-0.4, -0.2) is 29.1 Å². The zero-order chi connectivity index (χ0) is 26.3. The maximum Gasteiger partial charge on any atom is 0.417 e. The second kappa shape index (κ2) is 9.41. The summed E-state index contributed by atoms with van der Waals surface area (Å²) >= 11 is 0. The lowest BCUT2D eigenvalue weighted by Gasteiger charge is -2.31. The van der Waals surface area contributed by atoms with E-state index in [1.54, 1.807) is 6.07 Å². The van der Waals surface area contributed by atoms with Gasteiger partial charge in [-0.25, -0.2) is 18.7 Å². The second-order valence-corrected chi connectivity index (χ2v) is 8.92. The molecule has 37 heavy (non-hydrogen) atoms. The van der Waals surface area contributed by atoms with Crippen molar-refractivity contribution < 1.29 is 22.0 Å². The van der Waals surface area contributed by atoms with Crippen molar-refractivity contribution in [2.45, 2.75) is 25.1 Å². The van der Waals surface area contributed by atoms with Crippen molar-refractivity contribution in [1.82, 2.24) is 9.97 Å². The fraction of sp³-hybridized carbons (Fsp3) is 0.222. The first-order valence-corrected chi connectivity index (χ1v) is 11.5. The molecule has 0 amide bonds. The minimum atomic E-state index is -4.78. The van der Waals surface area contributed by atoms with Crippen LogP contribution in [0.1, 0.15) is 24.0 Å². The number of nitriles is 1. The van der Waals surface area contributed by atoms with Crippen molar-refractivity contribution in [2.75, 3.05) is 18.0 Å². The number of rotatable bonds is 3. The third-order valence-corrected chi connectivity index (χ3v) is 6.40. The molecule has 4 aromatic rings. The van der Waals surface area contributed by atoms with Gasteiger partial charge in [0.15, 0.2) is 0 Å². The Hall–Kier alpha value is -4.10. The topological polar surface area (TPSA) is 78.8 Å². The zero-order valence-electron chi connectivity index (χ0n) is 19.4. The Labute approximate surface area is 209 Å². The van der Waals surface area contributed by atoms with Crippen LogP contribution in [0.2, 0.25) is 0 Å². The van der Waals surface area contributed by atoms with Crippen molar-refractivity contribution in [2.24, 2.45) is 5.73 Å². The predicted octanol–water partition coefficient (Wildman–Crippen LogP) is 6.06. The first-order chi connectivity index (χ1) is 17.7. The standard InChI is InChI=1S/C27H20F5N5/c28-21-5-1-4-20(27(30,31)32)24(21)15-8-9-23-19(11-15)25(16-6-7-17(13-33)22(29)12-16)36-26(35-23)37-10-2-3-18(34)14-37/h1,4-9,11-12,18H,2-3,10,14,34H2/t18-/m1/s1. The lowest BCUT2D eigenvalue weighted by Crippen LogP contribution is -2.43. The van der Waals surface area contributed by atoms with E-state index in [2.05, 4.69) is 9.97 Å². The van der Waals surface area contributed by atoms with Crippen molar-refractivity contribution in [3.05, 3.63) is 77.4 Å². The van der Waals surface area contributed by atoms with Crippen LogP contribution in [-0.2, 0) is 6.18 Å². The summed E-state index contributed by atoms with van der Waals surface area (Å²) in [6.45, 7) is 1.16. The van der Waals surface area contributed by atoms with Gasteiger partial charge >= 0.3 is 6.18 Å². The fourth-order valence-electron chi connectivity index (χ4n) is 4.63. The molecule has 0 radical (unpaired) electrons. The third-order valence-electron chi connectivity index (χ3n) is 6.40. The summed E-state index contributed by atoms with van der Waals surface area (Å²) in [5.41, 5.74) is 5.15. The Morgan fingerprint density at radius 3 is 2.46 bits per heavy atom. The summed E-state index contributed by atoms with van der Waals surface area (Å²) in [4.78, 5) is 11.2. The van der Waals surface area contributed by atoms with Gasteiger partial charge in [-0.2, -0.15) is 18.4 Å². The fourth-order valence-corrected chi connectivity index (χ4v) is 4.63. The molecule has 5 nitrogen and oxygen atoms in total. The van der Waals surface area contributed by atoms with E-state index in [4.69, 9.17) is 11.0 Å². The number of nitrogens with zero attached hydrogens (tertiary/aromatic N) is 4. The van der Waals surface area contributed by atoms with Gasteiger partial charge in [0.1, 0.15) is 17.7 Å². The number of hydrogen-bond donors (Lipinski definition) is 1. The molecule has 0 bridgehead atoms. The van der Waals surface area contributed by atoms with Gasteiger partial charge in [0.25, 0.3) is 0 Å². The molecular formula is C27H20F5N5. The number of nitrogens with two attached hydrogens (primary N) is 1. The van der Waals surface area contributed by atoms with Crippen LogP contribution in [0.15, 0.2) is 54.6 Å². The Kier molecular flexibility index (Phi) is 6.25. The van der Waals surface area contributed by atoms with E-state index in [1.807, 2.05) is 4.90 Å².